The van der Waals surface area contributed by atoms with Crippen molar-refractivity contribution >= 4 is 0 Å². The molecule has 0 atom stereocenters. The molecular formula is C54H111N3. The summed E-state index contributed by atoms with van der Waals surface area (Å²) in [6.45, 7) is 18.7. The Morgan fingerprint density at radius 3 is 0.439 bits per heavy atom. The Balaban J connectivity index is 2.28. The number of nitrogens with zero attached hydrogens (tertiary/aromatic N) is 3. The van der Waals surface area contributed by atoms with Crippen molar-refractivity contribution in [2.24, 2.45) is 0 Å². The molecule has 0 saturated carbocycles. The number of rotatable bonds is 45. The lowest BCUT2D eigenvalue weighted by Gasteiger charge is -2.25. The van der Waals surface area contributed by atoms with Gasteiger partial charge in [0.05, 0.1) is 0 Å². The minimum absolute atomic E-state index is 1.30. The van der Waals surface area contributed by atoms with Gasteiger partial charge in [0.15, 0.2) is 0 Å². The van der Waals surface area contributed by atoms with Crippen LogP contribution >= 0.6 is 0 Å². The van der Waals surface area contributed by atoms with Gasteiger partial charge < -0.3 is 14.7 Å². The predicted molar refractivity (Wildman–Crippen MR) is 260 cm³/mol. The smallest absolute Gasteiger partial charge is 0.0110 e. The number of unbranched alkanes of at least 4 members (excludes halogenated alkanes) is 39. The molecule has 1 aliphatic heterocycles. The van der Waals surface area contributed by atoms with E-state index in [1.807, 2.05) is 0 Å². The van der Waals surface area contributed by atoms with Gasteiger partial charge in [0.2, 0.25) is 0 Å². The van der Waals surface area contributed by atoms with Gasteiger partial charge in [0.1, 0.15) is 0 Å². The maximum atomic E-state index is 2.86. The highest BCUT2D eigenvalue weighted by Crippen LogP contribution is 2.17. The first kappa shape index (κ1) is 54.9. The fourth-order valence-corrected chi connectivity index (χ4v) is 9.44. The van der Waals surface area contributed by atoms with Crippen LogP contribution < -0.4 is 0 Å². The second-order valence-electron chi connectivity index (χ2n) is 19.3. The molecule has 1 saturated heterocycles. The molecule has 342 valence electrons. The number of hydrogen-bond donors (Lipinski definition) is 0. The van der Waals surface area contributed by atoms with Crippen LogP contribution in [-0.4, -0.2) is 73.6 Å². The van der Waals surface area contributed by atoms with E-state index in [1.54, 1.807) is 0 Å². The van der Waals surface area contributed by atoms with E-state index in [0.717, 1.165) is 0 Å². The highest BCUT2D eigenvalue weighted by Gasteiger charge is 2.16. The second kappa shape index (κ2) is 46.9. The minimum Gasteiger partial charge on any atom is -0.301 e. The van der Waals surface area contributed by atoms with E-state index >= 15 is 0 Å². The first-order valence-electron chi connectivity index (χ1n) is 27.5. The summed E-state index contributed by atoms with van der Waals surface area (Å²) in [5.74, 6) is 0. The lowest BCUT2D eigenvalue weighted by molar-refractivity contribution is 0.213. The molecule has 3 nitrogen and oxygen atoms in total. The van der Waals surface area contributed by atoms with Crippen LogP contribution in [0.5, 0.6) is 0 Å². The average Bonchev–Trinajstić information content (AvgIpc) is 3.31. The van der Waals surface area contributed by atoms with Crippen LogP contribution in [0.2, 0.25) is 0 Å². The molecule has 0 radical (unpaired) electrons. The summed E-state index contributed by atoms with van der Waals surface area (Å²) in [6, 6.07) is 0. The summed E-state index contributed by atoms with van der Waals surface area (Å²) in [5, 5.41) is 0. The molecular weight excluding hydrogens is 691 g/mol. The summed E-state index contributed by atoms with van der Waals surface area (Å²) >= 11 is 0. The molecule has 3 heteroatoms. The van der Waals surface area contributed by atoms with Gasteiger partial charge in [-0.3, -0.25) is 0 Å². The van der Waals surface area contributed by atoms with Gasteiger partial charge in [0, 0.05) is 39.3 Å². The largest absolute Gasteiger partial charge is 0.301 e. The zero-order valence-electron chi connectivity index (χ0n) is 40.4. The Bertz CT molecular complexity index is 619. The molecule has 0 aromatic heterocycles. The molecule has 57 heavy (non-hydrogen) atoms. The zero-order valence-corrected chi connectivity index (χ0v) is 40.4. The van der Waals surface area contributed by atoms with Crippen LogP contribution in [0.25, 0.3) is 0 Å². The Morgan fingerprint density at radius 1 is 0.175 bits per heavy atom. The van der Waals surface area contributed by atoms with Gasteiger partial charge >= 0.3 is 0 Å². The zero-order chi connectivity index (χ0) is 40.8. The van der Waals surface area contributed by atoms with Crippen molar-refractivity contribution in [1.82, 2.24) is 14.7 Å². The van der Waals surface area contributed by atoms with Crippen molar-refractivity contribution in [3.8, 4) is 0 Å². The van der Waals surface area contributed by atoms with E-state index in [2.05, 4.69) is 35.5 Å². The molecule has 1 heterocycles. The Hall–Kier alpha value is -0.120. The molecule has 0 aromatic carbocycles. The molecule has 0 amide bonds. The summed E-state index contributed by atoms with van der Waals surface area (Å²) in [5.41, 5.74) is 0. The van der Waals surface area contributed by atoms with Crippen molar-refractivity contribution in [3.63, 3.8) is 0 Å². The third-order valence-electron chi connectivity index (χ3n) is 13.7. The summed E-state index contributed by atoms with van der Waals surface area (Å²) in [6.07, 6.45) is 61.2. The Labute approximate surface area is 362 Å². The molecule has 0 aromatic rings. The van der Waals surface area contributed by atoms with Gasteiger partial charge in [-0.05, 0) is 38.9 Å². The van der Waals surface area contributed by atoms with Gasteiger partial charge in [-0.15, -0.1) is 0 Å². The van der Waals surface area contributed by atoms with Crippen LogP contribution in [0.3, 0.4) is 0 Å². The molecule has 0 unspecified atom stereocenters. The highest BCUT2D eigenvalue weighted by atomic mass is 15.3. The summed E-state index contributed by atoms with van der Waals surface area (Å²) in [4.78, 5) is 8.59. The van der Waals surface area contributed by atoms with Crippen LogP contribution in [0.1, 0.15) is 290 Å². The minimum atomic E-state index is 1.30. The first-order valence-corrected chi connectivity index (χ1v) is 27.5. The summed E-state index contributed by atoms with van der Waals surface area (Å²) < 4.78 is 0. The van der Waals surface area contributed by atoms with Crippen molar-refractivity contribution in [2.75, 3.05) is 58.9 Å². The van der Waals surface area contributed by atoms with Crippen LogP contribution in [0.15, 0.2) is 0 Å². The third kappa shape index (κ3) is 41.0. The van der Waals surface area contributed by atoms with Gasteiger partial charge in [-0.1, -0.05) is 271 Å². The molecule has 0 aliphatic carbocycles. The summed E-state index contributed by atoms with van der Waals surface area (Å²) in [7, 11) is 0. The van der Waals surface area contributed by atoms with E-state index in [1.165, 1.54) is 329 Å². The first-order chi connectivity index (χ1) is 28.3. The fourth-order valence-electron chi connectivity index (χ4n) is 9.44. The van der Waals surface area contributed by atoms with Crippen LogP contribution in [0, 0.1) is 0 Å². The standard InChI is InChI=1S/C54H111N3/c1-4-7-10-13-16-19-22-25-28-31-34-37-40-43-46-55-49-51-56(47-44-41-38-35-32-29-26-23-20-17-14-11-8-5-2)53-54-57(52-50-55)48-45-42-39-36-33-30-27-24-21-18-15-12-9-6-3/h4-54H2,1-3H3. The molecule has 1 rings (SSSR count). The SMILES string of the molecule is CCCCCCCCCCCCCCCCN1CCN(CCCCCCCCCCCCCCCC)CCN(CCCCCCCCCCCCCCCC)CC1. The third-order valence-corrected chi connectivity index (χ3v) is 13.7. The fraction of sp³-hybridized carbons (Fsp3) is 1.00. The van der Waals surface area contributed by atoms with Crippen molar-refractivity contribution in [1.29, 1.82) is 0 Å². The molecule has 1 aliphatic rings. The van der Waals surface area contributed by atoms with Crippen molar-refractivity contribution in [2.45, 2.75) is 290 Å². The second-order valence-corrected chi connectivity index (χ2v) is 19.3. The molecule has 0 N–H and O–H groups in total. The Kier molecular flexibility index (Phi) is 45.2. The maximum absolute atomic E-state index is 2.86. The van der Waals surface area contributed by atoms with Crippen LogP contribution in [-0.2, 0) is 0 Å². The van der Waals surface area contributed by atoms with Gasteiger partial charge in [-0.2, -0.15) is 0 Å². The van der Waals surface area contributed by atoms with E-state index in [4.69, 9.17) is 0 Å². The molecule has 1 fully saturated rings. The quantitative estimate of drug-likeness (QED) is 0.0568. The van der Waals surface area contributed by atoms with E-state index in [9.17, 15) is 0 Å². The number of hydrogen-bond acceptors (Lipinski definition) is 3. The predicted octanol–water partition coefficient (Wildman–Crippen LogP) is 17.3. The maximum Gasteiger partial charge on any atom is 0.0110 e. The average molecular weight is 803 g/mol. The van der Waals surface area contributed by atoms with E-state index < -0.39 is 0 Å². The monoisotopic (exact) mass is 802 g/mol. The van der Waals surface area contributed by atoms with E-state index in [-0.39, 0.29) is 0 Å². The van der Waals surface area contributed by atoms with Crippen LogP contribution in [0.4, 0.5) is 0 Å². The lowest BCUT2D eigenvalue weighted by atomic mass is 10.0. The van der Waals surface area contributed by atoms with Gasteiger partial charge in [-0.25, -0.2) is 0 Å². The topological polar surface area (TPSA) is 9.72 Å². The molecule has 0 spiro atoms. The lowest BCUT2D eigenvalue weighted by Crippen LogP contribution is -2.37. The van der Waals surface area contributed by atoms with E-state index in [0.29, 0.717) is 0 Å². The molecule has 0 bridgehead atoms. The highest BCUT2D eigenvalue weighted by molar-refractivity contribution is 4.72. The van der Waals surface area contributed by atoms with Crippen molar-refractivity contribution < 1.29 is 0 Å². The Morgan fingerprint density at radius 2 is 0.298 bits per heavy atom. The van der Waals surface area contributed by atoms with Gasteiger partial charge in [0.25, 0.3) is 0 Å². The normalized spacial score (nSPS) is 15.0. The van der Waals surface area contributed by atoms with Crippen molar-refractivity contribution in [3.05, 3.63) is 0 Å².